The van der Waals surface area contributed by atoms with Gasteiger partial charge in [0.2, 0.25) is 0 Å². The highest BCUT2D eigenvalue weighted by atomic mass is 19.4. The van der Waals surface area contributed by atoms with Crippen molar-refractivity contribution in [3.05, 3.63) is 81.1 Å². The van der Waals surface area contributed by atoms with Gasteiger partial charge in [-0.15, -0.1) is 0 Å². The number of benzene rings is 2. The smallest absolute Gasteiger partial charge is 0.416 e. The molecule has 0 aliphatic carbocycles. The lowest BCUT2D eigenvalue weighted by Gasteiger charge is -2.08. The third kappa shape index (κ3) is 4.89. The molecule has 0 spiro atoms. The molecule has 1 aromatic heterocycles. The van der Waals surface area contributed by atoms with E-state index in [0.717, 1.165) is 6.07 Å². The molecule has 2 N–H and O–H groups in total. The Kier molecular flexibility index (Phi) is 5.77. The van der Waals surface area contributed by atoms with Crippen LogP contribution in [0.25, 0.3) is 11.3 Å². The van der Waals surface area contributed by atoms with Crippen molar-refractivity contribution in [2.45, 2.75) is 13.1 Å². The lowest BCUT2D eigenvalue weighted by molar-refractivity contribution is -0.384. The minimum absolute atomic E-state index is 0.136. The molecule has 3 rings (SSSR count). The van der Waals surface area contributed by atoms with E-state index >= 15 is 0 Å². The summed E-state index contributed by atoms with van der Waals surface area (Å²) in [6, 6.07) is 9.77. The number of carbonyl (C=O) groups is 1. The predicted molar refractivity (Wildman–Crippen MR) is 105 cm³/mol. The summed E-state index contributed by atoms with van der Waals surface area (Å²) in [6.45, 7) is 1.73. The van der Waals surface area contributed by atoms with Crippen LogP contribution < -0.4 is 5.43 Å². The van der Waals surface area contributed by atoms with Gasteiger partial charge >= 0.3 is 12.1 Å². The molecule has 31 heavy (non-hydrogen) atoms. The van der Waals surface area contributed by atoms with E-state index in [9.17, 15) is 28.1 Å². The lowest BCUT2D eigenvalue weighted by atomic mass is 10.0. The number of hydrazone groups is 1. The van der Waals surface area contributed by atoms with E-state index < -0.39 is 28.3 Å². The van der Waals surface area contributed by atoms with Crippen LogP contribution in [0.4, 0.5) is 24.5 Å². The van der Waals surface area contributed by atoms with Gasteiger partial charge in [-0.3, -0.25) is 15.5 Å². The molecule has 2 aromatic carbocycles. The number of halogens is 3. The Bertz CT molecular complexity index is 1190. The molecule has 1 heterocycles. The van der Waals surface area contributed by atoms with Gasteiger partial charge in [0.05, 0.1) is 22.3 Å². The first-order chi connectivity index (χ1) is 14.6. The molecule has 0 aliphatic rings. The predicted octanol–water partition coefficient (Wildman–Crippen LogP) is 5.33. The molecule has 0 unspecified atom stereocenters. The van der Waals surface area contributed by atoms with Crippen molar-refractivity contribution in [2.24, 2.45) is 5.10 Å². The summed E-state index contributed by atoms with van der Waals surface area (Å²) in [4.78, 5) is 21.2. The van der Waals surface area contributed by atoms with Gasteiger partial charge in [-0.1, -0.05) is 6.07 Å². The summed E-state index contributed by atoms with van der Waals surface area (Å²) in [7, 11) is 0. The van der Waals surface area contributed by atoms with Crippen LogP contribution in [0.15, 0.2) is 58.0 Å². The zero-order chi connectivity index (χ0) is 22.8. The SMILES string of the molecule is Cc1cc(C(=O)O)ccc1-c1ccc(/C=N\Nc2ccc(C(F)(F)F)cc2[N+](=O)[O-])o1. The highest BCUT2D eigenvalue weighted by Gasteiger charge is 2.33. The number of furan rings is 1. The molecule has 8 nitrogen and oxygen atoms in total. The highest BCUT2D eigenvalue weighted by Crippen LogP contribution is 2.35. The number of nitrogens with one attached hydrogen (secondary N) is 1. The molecule has 3 aromatic rings. The lowest BCUT2D eigenvalue weighted by Crippen LogP contribution is -2.06. The van der Waals surface area contributed by atoms with E-state index in [2.05, 4.69) is 10.5 Å². The first-order valence-corrected chi connectivity index (χ1v) is 8.65. The van der Waals surface area contributed by atoms with Crippen molar-refractivity contribution >= 4 is 23.6 Å². The van der Waals surface area contributed by atoms with Gasteiger partial charge in [0.25, 0.3) is 5.69 Å². The van der Waals surface area contributed by atoms with Gasteiger partial charge < -0.3 is 9.52 Å². The van der Waals surface area contributed by atoms with Gasteiger partial charge in [0, 0.05) is 11.6 Å². The van der Waals surface area contributed by atoms with E-state index in [0.29, 0.717) is 29.0 Å². The van der Waals surface area contributed by atoms with E-state index in [1.165, 1.54) is 18.3 Å². The van der Waals surface area contributed by atoms with Crippen LogP contribution in [0.3, 0.4) is 0 Å². The second kappa shape index (κ2) is 8.30. The molecule has 0 saturated heterocycles. The molecule has 0 bridgehead atoms. The van der Waals surface area contributed by atoms with Crippen LogP contribution in [0.1, 0.15) is 27.2 Å². The van der Waals surface area contributed by atoms with E-state index in [-0.39, 0.29) is 17.0 Å². The van der Waals surface area contributed by atoms with Crippen molar-refractivity contribution in [1.29, 1.82) is 0 Å². The number of alkyl halides is 3. The number of carboxylic acids is 1. The number of nitro groups is 1. The van der Waals surface area contributed by atoms with Crippen LogP contribution in [-0.4, -0.2) is 22.2 Å². The molecular formula is C20H14F3N3O5. The fourth-order valence-electron chi connectivity index (χ4n) is 2.76. The molecule has 11 heteroatoms. The Morgan fingerprint density at radius 3 is 2.55 bits per heavy atom. The number of hydrogen-bond acceptors (Lipinski definition) is 6. The quantitative estimate of drug-likeness (QED) is 0.308. The number of nitrogens with zero attached hydrogens (tertiary/aromatic N) is 2. The molecule has 0 saturated carbocycles. The zero-order valence-corrected chi connectivity index (χ0v) is 15.8. The largest absolute Gasteiger partial charge is 0.478 e. The van der Waals surface area contributed by atoms with Crippen LogP contribution in [0, 0.1) is 17.0 Å². The average Bonchev–Trinajstić information content (AvgIpc) is 3.15. The maximum Gasteiger partial charge on any atom is 0.416 e. The Labute approximate surface area is 172 Å². The van der Waals surface area contributed by atoms with Crippen LogP contribution in [0.2, 0.25) is 0 Å². The maximum atomic E-state index is 12.8. The Balaban J connectivity index is 1.78. The first-order valence-electron chi connectivity index (χ1n) is 8.65. The third-order valence-electron chi connectivity index (χ3n) is 4.26. The number of carboxylic acid groups (broad SMARTS) is 1. The van der Waals surface area contributed by atoms with Crippen LogP contribution in [-0.2, 0) is 6.18 Å². The van der Waals surface area contributed by atoms with Crippen LogP contribution >= 0.6 is 0 Å². The minimum atomic E-state index is -4.71. The van der Waals surface area contributed by atoms with Crippen molar-refractivity contribution in [3.8, 4) is 11.3 Å². The van der Waals surface area contributed by atoms with E-state index in [1.807, 2.05) is 0 Å². The Morgan fingerprint density at radius 2 is 1.94 bits per heavy atom. The summed E-state index contributed by atoms with van der Waals surface area (Å²) in [5, 5.41) is 23.9. The molecule has 0 fully saturated rings. The average molecular weight is 433 g/mol. The van der Waals surface area contributed by atoms with Gasteiger partial charge in [-0.25, -0.2) is 4.79 Å². The number of anilines is 1. The van der Waals surface area contributed by atoms with Gasteiger partial charge in [-0.05, 0) is 48.9 Å². The molecule has 0 radical (unpaired) electrons. The van der Waals surface area contributed by atoms with Crippen LogP contribution in [0.5, 0.6) is 0 Å². The summed E-state index contributed by atoms with van der Waals surface area (Å²) in [5.74, 6) is -0.347. The topological polar surface area (TPSA) is 118 Å². The summed E-state index contributed by atoms with van der Waals surface area (Å²) in [6.07, 6.45) is -3.51. The third-order valence-corrected chi connectivity index (χ3v) is 4.26. The molecule has 0 amide bonds. The summed E-state index contributed by atoms with van der Waals surface area (Å²) >= 11 is 0. The standard InChI is InChI=1S/C20H14F3N3O5/c1-11-8-12(19(27)28)2-5-15(11)18-7-4-14(31-18)10-24-25-16-6-3-13(20(21,22)23)9-17(16)26(29)30/h2-10,25H,1H3,(H,27,28)/b24-10-. The van der Waals surface area contributed by atoms with Crippen molar-refractivity contribution < 1.29 is 32.4 Å². The van der Waals surface area contributed by atoms with Crippen molar-refractivity contribution in [1.82, 2.24) is 0 Å². The van der Waals surface area contributed by atoms with Gasteiger partial charge in [-0.2, -0.15) is 18.3 Å². The molecule has 0 atom stereocenters. The molecule has 160 valence electrons. The van der Waals surface area contributed by atoms with Crippen molar-refractivity contribution in [2.75, 3.05) is 5.43 Å². The number of aromatic carboxylic acids is 1. The summed E-state index contributed by atoms with van der Waals surface area (Å²) < 4.78 is 43.9. The fraction of sp³-hybridized carbons (Fsp3) is 0.100. The Hall–Kier alpha value is -4.15. The number of aryl methyl sites for hydroxylation is 1. The number of hydrogen-bond donors (Lipinski definition) is 2. The molecular weight excluding hydrogens is 419 g/mol. The first kappa shape index (κ1) is 21.6. The highest BCUT2D eigenvalue weighted by molar-refractivity contribution is 5.89. The monoisotopic (exact) mass is 433 g/mol. The number of nitro benzene ring substituents is 1. The van der Waals surface area contributed by atoms with E-state index in [1.54, 1.807) is 25.1 Å². The fourth-order valence-corrected chi connectivity index (χ4v) is 2.76. The van der Waals surface area contributed by atoms with Crippen molar-refractivity contribution in [3.63, 3.8) is 0 Å². The second-order valence-corrected chi connectivity index (χ2v) is 6.39. The summed E-state index contributed by atoms with van der Waals surface area (Å²) in [5.41, 5.74) is 1.67. The van der Waals surface area contributed by atoms with E-state index in [4.69, 9.17) is 9.52 Å². The maximum absolute atomic E-state index is 12.8. The zero-order valence-electron chi connectivity index (χ0n) is 15.8. The normalized spacial score (nSPS) is 11.6. The molecule has 0 aliphatic heterocycles. The van der Waals surface area contributed by atoms with Gasteiger partial charge in [0.1, 0.15) is 17.2 Å². The number of rotatable bonds is 6. The van der Waals surface area contributed by atoms with Gasteiger partial charge in [0.15, 0.2) is 0 Å². The Morgan fingerprint density at radius 1 is 1.19 bits per heavy atom. The second-order valence-electron chi connectivity index (χ2n) is 6.39. The minimum Gasteiger partial charge on any atom is -0.478 e.